The van der Waals surface area contributed by atoms with Gasteiger partial charge in [-0.25, -0.2) is 13.8 Å². The quantitative estimate of drug-likeness (QED) is 0.700. The van der Waals surface area contributed by atoms with Crippen LogP contribution in [0.15, 0.2) is 6.07 Å². The van der Waals surface area contributed by atoms with Gasteiger partial charge in [0.15, 0.2) is 10.9 Å². The summed E-state index contributed by atoms with van der Waals surface area (Å²) in [5, 5.41) is 3.44. The third kappa shape index (κ3) is 4.75. The van der Waals surface area contributed by atoms with Crippen LogP contribution in [0.25, 0.3) is 10.3 Å². The maximum atomic E-state index is 14.3. The Bertz CT molecular complexity index is 884. The number of hydrogen-bond donors (Lipinski definition) is 1. The van der Waals surface area contributed by atoms with Crippen molar-refractivity contribution in [2.75, 3.05) is 31.2 Å². The van der Waals surface area contributed by atoms with E-state index in [1.807, 2.05) is 11.8 Å². The Morgan fingerprint density at radius 1 is 1.41 bits per heavy atom. The van der Waals surface area contributed by atoms with Gasteiger partial charge in [0.25, 0.3) is 5.88 Å². The first kappa shape index (κ1) is 20.2. The molecule has 0 radical (unpaired) electrons. The number of carbonyl (C=O) groups excluding carboxylic acids is 1. The molecule has 1 saturated heterocycles. The van der Waals surface area contributed by atoms with Crippen molar-refractivity contribution in [3.05, 3.63) is 11.9 Å². The highest BCUT2D eigenvalue weighted by Crippen LogP contribution is 2.34. The number of aromatic nitrogens is 2. The number of alkyl halides is 1. The number of carbonyl (C=O) groups is 1. The number of amides is 1. The molecule has 158 valence electrons. The lowest BCUT2D eigenvalue weighted by Crippen LogP contribution is -2.48. The predicted molar refractivity (Wildman–Crippen MR) is 106 cm³/mol. The third-order valence-corrected chi connectivity index (χ3v) is 6.11. The molecule has 0 unspecified atom stereocenters. The van der Waals surface area contributed by atoms with Gasteiger partial charge in [0.1, 0.15) is 16.5 Å². The molecule has 3 heterocycles. The number of ether oxygens (including phenoxy) is 2. The third-order valence-electron chi connectivity index (χ3n) is 5.08. The zero-order chi connectivity index (χ0) is 20.5. The van der Waals surface area contributed by atoms with E-state index in [0.717, 1.165) is 12.8 Å². The highest BCUT2D eigenvalue weighted by molar-refractivity contribution is 7.21. The highest BCUT2D eigenvalue weighted by atomic mass is 32.1. The van der Waals surface area contributed by atoms with Crippen molar-refractivity contribution in [3.8, 4) is 5.88 Å². The van der Waals surface area contributed by atoms with Crippen LogP contribution in [0.4, 0.5) is 13.9 Å². The van der Waals surface area contributed by atoms with Gasteiger partial charge >= 0.3 is 0 Å². The standard InChI is InChI=1S/C19H24F2N4O3S/c1-10(22-11(2)26)8-27-14-3-12(4-14)9-28-17-15(21)5-16-18(24-17)29-19(23-16)25-6-13(20)7-25/h5,10,12-14H,3-4,6-9H2,1-2H3,(H,22,26)/t10-,12-,14-/m0/s1. The lowest BCUT2D eigenvalue weighted by Gasteiger charge is -2.35. The number of thiazole rings is 1. The number of nitrogens with zero attached hydrogens (tertiary/aromatic N) is 3. The molecule has 10 heteroatoms. The molecular formula is C19H24F2N4O3S. The van der Waals surface area contributed by atoms with Gasteiger partial charge in [-0.3, -0.25) is 4.79 Å². The largest absolute Gasteiger partial charge is 0.475 e. The van der Waals surface area contributed by atoms with Crippen LogP contribution in [0.1, 0.15) is 26.7 Å². The monoisotopic (exact) mass is 426 g/mol. The molecular weight excluding hydrogens is 402 g/mol. The number of pyridine rings is 1. The van der Waals surface area contributed by atoms with Crippen molar-refractivity contribution >= 4 is 32.7 Å². The van der Waals surface area contributed by atoms with Gasteiger partial charge in [0.05, 0.1) is 32.4 Å². The number of anilines is 1. The Labute approximate surface area is 171 Å². The van der Waals surface area contributed by atoms with E-state index >= 15 is 0 Å². The molecule has 7 nitrogen and oxygen atoms in total. The molecule has 2 aromatic rings. The minimum Gasteiger partial charge on any atom is -0.475 e. The first-order chi connectivity index (χ1) is 13.9. The Kier molecular flexibility index (Phi) is 5.82. The summed E-state index contributed by atoms with van der Waals surface area (Å²) in [6, 6.07) is 1.30. The molecule has 1 N–H and O–H groups in total. The minimum absolute atomic E-state index is 0.0239. The van der Waals surface area contributed by atoms with Gasteiger partial charge in [0, 0.05) is 19.0 Å². The summed E-state index contributed by atoms with van der Waals surface area (Å²) in [6.45, 7) is 4.86. The van der Waals surface area contributed by atoms with Crippen molar-refractivity contribution in [3.63, 3.8) is 0 Å². The maximum Gasteiger partial charge on any atom is 0.251 e. The van der Waals surface area contributed by atoms with E-state index in [4.69, 9.17) is 9.47 Å². The molecule has 2 aromatic heterocycles. The van der Waals surface area contributed by atoms with Crippen molar-refractivity contribution in [2.45, 2.75) is 45.0 Å². The Balaban J connectivity index is 1.25. The van der Waals surface area contributed by atoms with Crippen LogP contribution in [0.5, 0.6) is 5.88 Å². The molecule has 1 aliphatic carbocycles. The summed E-state index contributed by atoms with van der Waals surface area (Å²) < 4.78 is 38.7. The average Bonchev–Trinajstić information content (AvgIpc) is 2.98. The van der Waals surface area contributed by atoms with E-state index in [9.17, 15) is 13.6 Å². The molecule has 2 aliphatic rings. The molecule has 0 aromatic carbocycles. The van der Waals surface area contributed by atoms with Gasteiger partial charge in [-0.1, -0.05) is 11.3 Å². The van der Waals surface area contributed by atoms with Gasteiger partial charge < -0.3 is 19.7 Å². The molecule has 0 bridgehead atoms. The Morgan fingerprint density at radius 3 is 2.86 bits per heavy atom. The Hall–Kier alpha value is -2.07. The van der Waals surface area contributed by atoms with Crippen molar-refractivity contribution in [1.29, 1.82) is 0 Å². The summed E-state index contributed by atoms with van der Waals surface area (Å²) in [5.74, 6) is -0.356. The van der Waals surface area contributed by atoms with Crippen molar-refractivity contribution in [1.82, 2.24) is 15.3 Å². The molecule has 1 atom stereocenters. The van der Waals surface area contributed by atoms with Crippen LogP contribution in [0.2, 0.25) is 0 Å². The summed E-state index contributed by atoms with van der Waals surface area (Å²) >= 11 is 1.31. The first-order valence-electron chi connectivity index (χ1n) is 9.75. The minimum atomic E-state index is -0.825. The normalized spacial score (nSPS) is 22.8. The lowest BCUT2D eigenvalue weighted by atomic mass is 9.83. The van der Waals surface area contributed by atoms with Gasteiger partial charge in [-0.05, 0) is 25.7 Å². The van der Waals surface area contributed by atoms with E-state index < -0.39 is 12.0 Å². The molecule has 1 aliphatic heterocycles. The molecule has 2 fully saturated rings. The summed E-state index contributed by atoms with van der Waals surface area (Å²) in [6.07, 6.45) is 0.982. The number of fused-ring (bicyclic) bond motifs is 1. The van der Waals surface area contributed by atoms with Gasteiger partial charge in [-0.15, -0.1) is 0 Å². The average molecular weight is 426 g/mol. The van der Waals surface area contributed by atoms with Crippen LogP contribution in [-0.4, -0.2) is 60.5 Å². The lowest BCUT2D eigenvalue weighted by molar-refractivity contribution is -0.120. The summed E-state index contributed by atoms with van der Waals surface area (Å²) in [4.78, 5) is 22.0. The van der Waals surface area contributed by atoms with E-state index in [2.05, 4.69) is 15.3 Å². The molecule has 4 rings (SSSR count). The smallest absolute Gasteiger partial charge is 0.251 e. The Morgan fingerprint density at radius 2 is 2.17 bits per heavy atom. The molecule has 0 spiro atoms. The predicted octanol–water partition coefficient (Wildman–Crippen LogP) is 2.69. The number of hydrogen-bond acceptors (Lipinski definition) is 7. The summed E-state index contributed by atoms with van der Waals surface area (Å²) in [7, 11) is 0. The van der Waals surface area contributed by atoms with E-state index in [0.29, 0.717) is 41.8 Å². The highest BCUT2D eigenvalue weighted by Gasteiger charge is 2.32. The molecule has 1 saturated carbocycles. The fourth-order valence-corrected chi connectivity index (χ4v) is 4.38. The van der Waals surface area contributed by atoms with Crippen LogP contribution in [0, 0.1) is 11.7 Å². The second kappa shape index (κ2) is 8.35. The molecule has 1 amide bonds. The van der Waals surface area contributed by atoms with Gasteiger partial charge in [0.2, 0.25) is 5.91 Å². The van der Waals surface area contributed by atoms with Crippen LogP contribution in [-0.2, 0) is 9.53 Å². The number of halogens is 2. The van der Waals surface area contributed by atoms with E-state index in [1.165, 1.54) is 24.3 Å². The van der Waals surface area contributed by atoms with Crippen LogP contribution >= 0.6 is 11.3 Å². The number of nitrogens with one attached hydrogen (secondary N) is 1. The zero-order valence-electron chi connectivity index (χ0n) is 16.4. The van der Waals surface area contributed by atoms with Crippen molar-refractivity contribution < 1.29 is 23.0 Å². The zero-order valence-corrected chi connectivity index (χ0v) is 17.2. The van der Waals surface area contributed by atoms with E-state index in [1.54, 1.807) is 0 Å². The topological polar surface area (TPSA) is 76.6 Å². The van der Waals surface area contributed by atoms with Crippen LogP contribution < -0.4 is 15.0 Å². The maximum absolute atomic E-state index is 14.3. The second-order valence-corrected chi connectivity index (χ2v) is 8.76. The fraction of sp³-hybridized carbons (Fsp3) is 0.632. The van der Waals surface area contributed by atoms with Gasteiger partial charge in [-0.2, -0.15) is 4.98 Å². The fourth-order valence-electron chi connectivity index (χ4n) is 3.44. The summed E-state index contributed by atoms with van der Waals surface area (Å²) in [5.41, 5.74) is 0.461. The van der Waals surface area contributed by atoms with Crippen molar-refractivity contribution in [2.24, 2.45) is 5.92 Å². The van der Waals surface area contributed by atoms with E-state index in [-0.39, 0.29) is 29.9 Å². The first-order valence-corrected chi connectivity index (χ1v) is 10.6. The van der Waals surface area contributed by atoms with Crippen LogP contribution in [0.3, 0.4) is 0 Å². The second-order valence-electron chi connectivity index (χ2n) is 7.80. The SMILES string of the molecule is CC(=O)N[C@@H](C)CO[C@H]1C[C@H](COc2nc3sc(N4CC(F)C4)nc3cc2F)C1. The molecule has 29 heavy (non-hydrogen) atoms. The number of rotatable bonds is 8.